The number of hydrogen-bond donors (Lipinski definition) is 2. The van der Waals surface area contributed by atoms with E-state index in [1.165, 1.54) is 32.1 Å². The van der Waals surface area contributed by atoms with Crippen LogP contribution in [0.2, 0.25) is 0 Å². The third-order valence-corrected chi connectivity index (χ3v) is 4.18. The fourth-order valence-corrected chi connectivity index (χ4v) is 2.95. The largest absolute Gasteiger partial charge is 0.481 e. The molecule has 0 aromatic carbocycles. The van der Waals surface area contributed by atoms with Gasteiger partial charge in [0, 0.05) is 18.4 Å². The minimum atomic E-state index is -0.815. The Bertz CT molecular complexity index is 320. The van der Waals surface area contributed by atoms with Gasteiger partial charge in [0.25, 0.3) is 0 Å². The molecular weight excluding hydrogens is 254 g/mol. The summed E-state index contributed by atoms with van der Waals surface area (Å²) < 4.78 is 0. The Morgan fingerprint density at radius 2 is 1.80 bits per heavy atom. The van der Waals surface area contributed by atoms with Gasteiger partial charge in [0.2, 0.25) is 5.91 Å². The summed E-state index contributed by atoms with van der Waals surface area (Å²) >= 11 is 0. The van der Waals surface area contributed by atoms with Crippen LogP contribution in [-0.4, -0.2) is 22.5 Å². The van der Waals surface area contributed by atoms with Gasteiger partial charge in [-0.3, -0.25) is 9.59 Å². The molecule has 4 nitrogen and oxygen atoms in total. The number of carboxylic acids is 1. The average molecular weight is 283 g/mol. The predicted octanol–water partition coefficient (Wildman–Crippen LogP) is 3.50. The summed E-state index contributed by atoms with van der Waals surface area (Å²) in [5.41, 5.74) is -0.430. The average Bonchev–Trinajstić information content (AvgIpc) is 2.37. The highest BCUT2D eigenvalue weighted by Crippen LogP contribution is 2.27. The van der Waals surface area contributed by atoms with Gasteiger partial charge in [-0.1, -0.05) is 32.1 Å². The number of amides is 1. The van der Waals surface area contributed by atoms with E-state index in [2.05, 4.69) is 5.32 Å². The first kappa shape index (κ1) is 17.0. The molecule has 0 radical (unpaired) electrons. The number of carboxylic acid groups (broad SMARTS) is 1. The van der Waals surface area contributed by atoms with Crippen molar-refractivity contribution < 1.29 is 14.7 Å². The van der Waals surface area contributed by atoms with Crippen molar-refractivity contribution in [1.29, 1.82) is 0 Å². The molecule has 0 aliphatic heterocycles. The smallest absolute Gasteiger partial charge is 0.303 e. The van der Waals surface area contributed by atoms with Crippen LogP contribution in [0.15, 0.2) is 0 Å². The highest BCUT2D eigenvalue weighted by atomic mass is 16.4. The van der Waals surface area contributed by atoms with Crippen molar-refractivity contribution in [2.45, 2.75) is 83.6 Å². The summed E-state index contributed by atoms with van der Waals surface area (Å²) in [6.07, 6.45) is 9.94. The van der Waals surface area contributed by atoms with E-state index in [9.17, 15) is 9.59 Å². The summed E-state index contributed by atoms with van der Waals surface area (Å²) in [5, 5.41) is 11.6. The molecule has 4 heteroatoms. The molecule has 1 rings (SSSR count). The Labute approximate surface area is 122 Å². The van der Waals surface area contributed by atoms with Crippen LogP contribution in [0.4, 0.5) is 0 Å². The van der Waals surface area contributed by atoms with Crippen LogP contribution in [-0.2, 0) is 9.59 Å². The predicted molar refractivity (Wildman–Crippen MR) is 79.5 cm³/mol. The van der Waals surface area contributed by atoms with Gasteiger partial charge in [-0.05, 0) is 39.0 Å². The van der Waals surface area contributed by atoms with Gasteiger partial charge in [-0.25, -0.2) is 0 Å². The van der Waals surface area contributed by atoms with Crippen molar-refractivity contribution in [3.8, 4) is 0 Å². The lowest BCUT2D eigenvalue weighted by Gasteiger charge is -2.26. The molecule has 0 saturated heterocycles. The van der Waals surface area contributed by atoms with Crippen molar-refractivity contribution in [1.82, 2.24) is 5.32 Å². The summed E-state index contributed by atoms with van der Waals surface area (Å²) in [6.45, 7) is 3.77. The second kappa shape index (κ2) is 8.28. The fraction of sp³-hybridized carbons (Fsp3) is 0.875. The lowest BCUT2D eigenvalue weighted by atomic mass is 9.86. The number of aliphatic carboxylic acids is 1. The van der Waals surface area contributed by atoms with Crippen LogP contribution >= 0.6 is 0 Å². The van der Waals surface area contributed by atoms with Gasteiger partial charge in [-0.15, -0.1) is 0 Å². The second-order valence-corrected chi connectivity index (χ2v) is 6.72. The van der Waals surface area contributed by atoms with E-state index in [1.54, 1.807) is 0 Å². The summed E-state index contributed by atoms with van der Waals surface area (Å²) in [7, 11) is 0. The Morgan fingerprint density at radius 3 is 2.40 bits per heavy atom. The van der Waals surface area contributed by atoms with Crippen molar-refractivity contribution in [3.63, 3.8) is 0 Å². The minimum absolute atomic E-state index is 0.0520. The topological polar surface area (TPSA) is 66.4 Å². The number of carbonyl (C=O) groups excluding carboxylic acids is 1. The van der Waals surface area contributed by atoms with E-state index in [1.807, 2.05) is 13.8 Å². The van der Waals surface area contributed by atoms with E-state index >= 15 is 0 Å². The first-order valence-electron chi connectivity index (χ1n) is 7.92. The molecule has 0 heterocycles. The molecular formula is C16H29NO3. The summed E-state index contributed by atoms with van der Waals surface area (Å²) in [5.74, 6) is 0.0531. The zero-order valence-corrected chi connectivity index (χ0v) is 12.9. The molecule has 2 N–H and O–H groups in total. The van der Waals surface area contributed by atoms with Crippen LogP contribution < -0.4 is 5.32 Å². The monoisotopic (exact) mass is 283 g/mol. The normalized spacial score (nSPS) is 16.9. The third kappa shape index (κ3) is 7.51. The van der Waals surface area contributed by atoms with Crippen molar-refractivity contribution in [3.05, 3.63) is 0 Å². The maximum Gasteiger partial charge on any atom is 0.303 e. The fourth-order valence-electron chi connectivity index (χ4n) is 2.95. The van der Waals surface area contributed by atoms with E-state index < -0.39 is 11.5 Å². The molecule has 0 bridgehead atoms. The number of nitrogens with one attached hydrogen (secondary N) is 1. The van der Waals surface area contributed by atoms with Gasteiger partial charge >= 0.3 is 5.97 Å². The van der Waals surface area contributed by atoms with Crippen LogP contribution in [0.1, 0.15) is 78.1 Å². The van der Waals surface area contributed by atoms with Crippen LogP contribution in [0.3, 0.4) is 0 Å². The molecule has 1 amide bonds. The maximum atomic E-state index is 11.9. The first-order chi connectivity index (χ1) is 9.39. The van der Waals surface area contributed by atoms with E-state index in [0.29, 0.717) is 12.8 Å². The second-order valence-electron chi connectivity index (χ2n) is 6.72. The summed E-state index contributed by atoms with van der Waals surface area (Å²) in [4.78, 5) is 22.5. The number of hydrogen-bond acceptors (Lipinski definition) is 2. The zero-order valence-electron chi connectivity index (χ0n) is 12.9. The van der Waals surface area contributed by atoms with Crippen LogP contribution in [0.25, 0.3) is 0 Å². The van der Waals surface area contributed by atoms with Crippen LogP contribution in [0, 0.1) is 5.92 Å². The molecule has 1 aliphatic rings. The molecule has 0 aromatic rings. The quantitative estimate of drug-likeness (QED) is 0.716. The molecule has 0 aromatic heterocycles. The number of rotatable bonds is 8. The van der Waals surface area contributed by atoms with E-state index in [-0.39, 0.29) is 12.3 Å². The van der Waals surface area contributed by atoms with Gasteiger partial charge in [-0.2, -0.15) is 0 Å². The Morgan fingerprint density at radius 1 is 1.15 bits per heavy atom. The van der Waals surface area contributed by atoms with Crippen LogP contribution in [0.5, 0.6) is 0 Å². The van der Waals surface area contributed by atoms with Gasteiger partial charge in [0.15, 0.2) is 0 Å². The number of carbonyl (C=O) groups is 2. The molecule has 20 heavy (non-hydrogen) atoms. The van der Waals surface area contributed by atoms with Crippen molar-refractivity contribution >= 4 is 11.9 Å². The SMILES string of the molecule is CC(C)(CCC(=O)O)NC(=O)CCCC1CCCCC1. The summed E-state index contributed by atoms with van der Waals surface area (Å²) in [6, 6.07) is 0. The standard InChI is InChI=1S/C16H29NO3/c1-16(2,12-11-15(19)20)17-14(18)10-6-9-13-7-4-3-5-8-13/h13H,3-12H2,1-2H3,(H,17,18)(H,19,20). The lowest BCUT2D eigenvalue weighted by molar-refractivity contribution is -0.137. The molecule has 0 unspecified atom stereocenters. The van der Waals surface area contributed by atoms with Crippen molar-refractivity contribution in [2.75, 3.05) is 0 Å². The zero-order chi connectivity index (χ0) is 15.0. The Balaban J connectivity index is 2.16. The lowest BCUT2D eigenvalue weighted by Crippen LogP contribution is -2.43. The van der Waals surface area contributed by atoms with Gasteiger partial charge in [0.05, 0.1) is 0 Å². The molecule has 0 spiro atoms. The first-order valence-corrected chi connectivity index (χ1v) is 7.92. The maximum absolute atomic E-state index is 11.9. The van der Waals surface area contributed by atoms with Crippen molar-refractivity contribution in [2.24, 2.45) is 5.92 Å². The molecule has 116 valence electrons. The minimum Gasteiger partial charge on any atom is -0.481 e. The van der Waals surface area contributed by atoms with Gasteiger partial charge < -0.3 is 10.4 Å². The van der Waals surface area contributed by atoms with E-state index in [0.717, 1.165) is 18.8 Å². The highest BCUT2D eigenvalue weighted by Gasteiger charge is 2.21. The van der Waals surface area contributed by atoms with Gasteiger partial charge in [0.1, 0.15) is 0 Å². The molecule has 1 fully saturated rings. The van der Waals surface area contributed by atoms with E-state index in [4.69, 9.17) is 5.11 Å². The Hall–Kier alpha value is -1.06. The molecule has 1 saturated carbocycles. The Kier molecular flexibility index (Phi) is 7.03. The third-order valence-electron chi connectivity index (χ3n) is 4.18. The molecule has 0 atom stereocenters. The highest BCUT2D eigenvalue weighted by molar-refractivity contribution is 5.76. The molecule has 1 aliphatic carbocycles.